The van der Waals surface area contributed by atoms with Crippen LogP contribution in [0.2, 0.25) is 0 Å². The maximum atomic E-state index is 11.9. The molecular formula is C12H20N4O4. The lowest BCUT2D eigenvalue weighted by Crippen LogP contribution is -2.44. The highest BCUT2D eigenvalue weighted by Crippen LogP contribution is 1.95. The van der Waals surface area contributed by atoms with Crippen molar-refractivity contribution in [2.75, 3.05) is 33.4 Å². The SMILES string of the molecule is COCCN(CC(=O)O)C(=O)NCCc1nccn1C. The molecule has 8 nitrogen and oxygen atoms in total. The third-order valence-electron chi connectivity index (χ3n) is 2.72. The van der Waals surface area contributed by atoms with Gasteiger partial charge in [0.05, 0.1) is 6.61 Å². The van der Waals surface area contributed by atoms with E-state index in [0.717, 1.165) is 5.82 Å². The number of nitrogens with zero attached hydrogens (tertiary/aromatic N) is 3. The molecule has 0 aromatic carbocycles. The molecule has 1 heterocycles. The van der Waals surface area contributed by atoms with Crippen molar-refractivity contribution in [3.63, 3.8) is 0 Å². The number of amides is 2. The second-order valence-corrected chi connectivity index (χ2v) is 4.24. The number of carboxylic acid groups (broad SMARTS) is 1. The van der Waals surface area contributed by atoms with E-state index in [-0.39, 0.29) is 13.1 Å². The number of carboxylic acids is 1. The van der Waals surface area contributed by atoms with Crippen LogP contribution in [-0.2, 0) is 23.0 Å². The van der Waals surface area contributed by atoms with Crippen molar-refractivity contribution in [3.8, 4) is 0 Å². The Kier molecular flexibility index (Phi) is 6.51. The van der Waals surface area contributed by atoms with Gasteiger partial charge in [-0.2, -0.15) is 0 Å². The Hall–Kier alpha value is -2.09. The predicted molar refractivity (Wildman–Crippen MR) is 71.4 cm³/mol. The Bertz CT molecular complexity index is 446. The summed E-state index contributed by atoms with van der Waals surface area (Å²) in [4.78, 5) is 27.9. The second kappa shape index (κ2) is 8.16. The van der Waals surface area contributed by atoms with E-state index >= 15 is 0 Å². The Balaban J connectivity index is 2.40. The number of nitrogens with one attached hydrogen (secondary N) is 1. The van der Waals surface area contributed by atoms with Gasteiger partial charge >= 0.3 is 12.0 Å². The summed E-state index contributed by atoms with van der Waals surface area (Å²) in [6, 6.07) is -0.418. The number of urea groups is 1. The molecule has 0 spiro atoms. The van der Waals surface area contributed by atoms with Crippen LogP contribution >= 0.6 is 0 Å². The lowest BCUT2D eigenvalue weighted by atomic mass is 10.4. The molecule has 1 aromatic heterocycles. The molecule has 2 amide bonds. The van der Waals surface area contributed by atoms with Crippen LogP contribution < -0.4 is 5.32 Å². The molecule has 1 aromatic rings. The highest BCUT2D eigenvalue weighted by atomic mass is 16.5. The average molecular weight is 284 g/mol. The largest absolute Gasteiger partial charge is 0.480 e. The maximum Gasteiger partial charge on any atom is 0.323 e. The lowest BCUT2D eigenvalue weighted by molar-refractivity contribution is -0.137. The summed E-state index contributed by atoms with van der Waals surface area (Å²) in [6.45, 7) is 0.571. The number of ether oxygens (including phenoxy) is 1. The third-order valence-corrected chi connectivity index (χ3v) is 2.72. The fourth-order valence-electron chi connectivity index (χ4n) is 1.65. The van der Waals surface area contributed by atoms with Crippen molar-refractivity contribution in [2.45, 2.75) is 6.42 Å². The van der Waals surface area contributed by atoms with Gasteiger partial charge in [-0.3, -0.25) is 4.79 Å². The minimum Gasteiger partial charge on any atom is -0.480 e. The zero-order chi connectivity index (χ0) is 15.0. The molecule has 0 aliphatic heterocycles. The molecule has 1 rings (SSSR count). The normalized spacial score (nSPS) is 10.3. The third kappa shape index (κ3) is 5.27. The molecule has 0 aliphatic rings. The first-order valence-corrected chi connectivity index (χ1v) is 6.24. The summed E-state index contributed by atoms with van der Waals surface area (Å²) in [7, 11) is 3.37. The fourth-order valence-corrected chi connectivity index (χ4v) is 1.65. The molecule has 0 unspecified atom stereocenters. The summed E-state index contributed by atoms with van der Waals surface area (Å²) in [5, 5.41) is 11.4. The summed E-state index contributed by atoms with van der Waals surface area (Å²) in [6.07, 6.45) is 4.10. The van der Waals surface area contributed by atoms with E-state index in [1.807, 2.05) is 17.8 Å². The van der Waals surface area contributed by atoms with E-state index in [1.165, 1.54) is 12.0 Å². The van der Waals surface area contributed by atoms with Gasteiger partial charge in [-0.25, -0.2) is 9.78 Å². The minimum atomic E-state index is -1.06. The van der Waals surface area contributed by atoms with E-state index in [2.05, 4.69) is 10.3 Å². The number of aromatic nitrogens is 2. The monoisotopic (exact) mass is 284 g/mol. The quantitative estimate of drug-likeness (QED) is 0.683. The van der Waals surface area contributed by atoms with Gasteiger partial charge in [-0.1, -0.05) is 0 Å². The van der Waals surface area contributed by atoms with E-state index in [0.29, 0.717) is 19.6 Å². The van der Waals surface area contributed by atoms with E-state index < -0.39 is 12.0 Å². The van der Waals surface area contributed by atoms with Crippen LogP contribution in [0.1, 0.15) is 5.82 Å². The van der Waals surface area contributed by atoms with Crippen molar-refractivity contribution >= 4 is 12.0 Å². The molecule has 0 atom stereocenters. The average Bonchev–Trinajstić information content (AvgIpc) is 2.79. The number of aliphatic carboxylic acids is 1. The van der Waals surface area contributed by atoms with Crippen molar-refractivity contribution < 1.29 is 19.4 Å². The van der Waals surface area contributed by atoms with Crippen molar-refractivity contribution in [3.05, 3.63) is 18.2 Å². The standard InChI is InChI=1S/C12H20N4O4/c1-15-6-5-13-10(15)3-4-14-12(19)16(7-8-20-2)9-11(17)18/h5-6H,3-4,7-9H2,1-2H3,(H,14,19)(H,17,18). The maximum absolute atomic E-state index is 11.9. The zero-order valence-corrected chi connectivity index (χ0v) is 11.7. The second-order valence-electron chi connectivity index (χ2n) is 4.24. The van der Waals surface area contributed by atoms with Gasteiger partial charge in [-0.05, 0) is 0 Å². The van der Waals surface area contributed by atoms with Crippen LogP contribution in [0.25, 0.3) is 0 Å². The summed E-state index contributed by atoms with van der Waals surface area (Å²) in [5.74, 6) is -0.202. The van der Waals surface area contributed by atoms with Gasteiger partial charge in [-0.15, -0.1) is 0 Å². The van der Waals surface area contributed by atoms with Crippen LogP contribution in [0.3, 0.4) is 0 Å². The van der Waals surface area contributed by atoms with Gasteiger partial charge in [0.15, 0.2) is 0 Å². The van der Waals surface area contributed by atoms with Gasteiger partial charge in [0.25, 0.3) is 0 Å². The topological polar surface area (TPSA) is 96.7 Å². The van der Waals surface area contributed by atoms with Crippen LogP contribution in [-0.4, -0.2) is 64.9 Å². The Morgan fingerprint density at radius 3 is 2.85 bits per heavy atom. The summed E-state index contributed by atoms with van der Waals surface area (Å²) >= 11 is 0. The van der Waals surface area contributed by atoms with Crippen molar-refractivity contribution in [1.29, 1.82) is 0 Å². The van der Waals surface area contributed by atoms with Gasteiger partial charge in [0.2, 0.25) is 0 Å². The number of imidazole rings is 1. The Morgan fingerprint density at radius 2 is 2.30 bits per heavy atom. The molecule has 2 N–H and O–H groups in total. The van der Waals surface area contributed by atoms with Crippen LogP contribution in [0.5, 0.6) is 0 Å². The van der Waals surface area contributed by atoms with Crippen LogP contribution in [0.15, 0.2) is 12.4 Å². The molecule has 20 heavy (non-hydrogen) atoms. The van der Waals surface area contributed by atoms with Gasteiger partial charge in [0, 0.05) is 46.1 Å². The Labute approximate surface area is 117 Å². The highest BCUT2D eigenvalue weighted by Gasteiger charge is 2.16. The number of hydrogen-bond acceptors (Lipinski definition) is 4. The molecule has 0 saturated carbocycles. The van der Waals surface area contributed by atoms with E-state index in [1.54, 1.807) is 6.20 Å². The molecule has 0 aliphatic carbocycles. The smallest absolute Gasteiger partial charge is 0.323 e. The first-order valence-electron chi connectivity index (χ1n) is 6.24. The molecule has 8 heteroatoms. The van der Waals surface area contributed by atoms with Crippen molar-refractivity contribution in [1.82, 2.24) is 19.8 Å². The molecule has 0 saturated heterocycles. The van der Waals surface area contributed by atoms with Crippen LogP contribution in [0.4, 0.5) is 4.79 Å². The number of aryl methyl sites for hydroxylation is 1. The fraction of sp³-hybridized carbons (Fsp3) is 0.583. The summed E-state index contributed by atoms with van der Waals surface area (Å²) < 4.78 is 6.72. The summed E-state index contributed by atoms with van der Waals surface area (Å²) in [5.41, 5.74) is 0. The molecule has 0 fully saturated rings. The zero-order valence-electron chi connectivity index (χ0n) is 11.7. The van der Waals surface area contributed by atoms with Gasteiger partial charge in [0.1, 0.15) is 12.4 Å². The first-order chi connectivity index (χ1) is 9.54. The highest BCUT2D eigenvalue weighted by molar-refractivity contribution is 5.80. The molecule has 0 bridgehead atoms. The Morgan fingerprint density at radius 1 is 1.55 bits per heavy atom. The number of rotatable bonds is 8. The minimum absolute atomic E-state index is 0.233. The predicted octanol–water partition coefficient (Wildman–Crippen LogP) is -0.295. The van der Waals surface area contributed by atoms with E-state index in [9.17, 15) is 9.59 Å². The number of carbonyl (C=O) groups excluding carboxylic acids is 1. The molecular weight excluding hydrogens is 264 g/mol. The first kappa shape index (κ1) is 16.0. The lowest BCUT2D eigenvalue weighted by Gasteiger charge is -2.20. The van der Waals surface area contributed by atoms with Crippen molar-refractivity contribution in [2.24, 2.45) is 7.05 Å². The molecule has 112 valence electrons. The molecule has 0 radical (unpaired) electrons. The van der Waals surface area contributed by atoms with E-state index in [4.69, 9.17) is 9.84 Å². The van der Waals surface area contributed by atoms with Gasteiger partial charge < -0.3 is 24.6 Å². The van der Waals surface area contributed by atoms with Crippen LogP contribution in [0, 0.1) is 0 Å². The number of hydrogen-bond donors (Lipinski definition) is 2. The number of methoxy groups -OCH3 is 1. The number of carbonyl (C=O) groups is 2.